The molecule has 0 aromatic heterocycles. The summed E-state index contributed by atoms with van der Waals surface area (Å²) in [6.45, 7) is 5.93. The molecular formula is C39H74N+. The Morgan fingerprint density at radius 1 is 0.425 bits per heavy atom. The molecule has 1 aromatic carbocycles. The zero-order chi connectivity index (χ0) is 29.0. The minimum absolute atomic E-state index is 0.645. The fourth-order valence-electron chi connectivity index (χ4n) is 6.64. The minimum atomic E-state index is 0.645. The molecule has 0 N–H and O–H groups in total. The second-order valence-electron chi connectivity index (χ2n) is 13.7. The van der Waals surface area contributed by atoms with E-state index in [1.165, 1.54) is 180 Å². The third kappa shape index (κ3) is 21.0. The highest BCUT2D eigenvalue weighted by atomic mass is 15.3. The lowest BCUT2D eigenvalue weighted by molar-refractivity contribution is -0.921. The van der Waals surface area contributed by atoms with Crippen LogP contribution in [0.25, 0.3) is 0 Å². The maximum atomic E-state index is 2.50. The van der Waals surface area contributed by atoms with Crippen molar-refractivity contribution in [2.75, 3.05) is 20.6 Å². The van der Waals surface area contributed by atoms with Gasteiger partial charge in [-0.3, -0.25) is 0 Å². The molecule has 0 heterocycles. The largest absolute Gasteiger partial charge is 0.322 e. The molecule has 0 bridgehead atoms. The van der Waals surface area contributed by atoms with Gasteiger partial charge in [0.05, 0.1) is 20.6 Å². The smallest absolute Gasteiger partial charge is 0.114 e. The van der Waals surface area contributed by atoms with Crippen LogP contribution in [0, 0.1) is 0 Å². The molecule has 0 aliphatic carbocycles. The topological polar surface area (TPSA) is 0 Å². The molecule has 1 rings (SSSR count). The molecule has 234 valence electrons. The van der Waals surface area contributed by atoms with E-state index in [2.05, 4.69) is 58.3 Å². The predicted molar refractivity (Wildman–Crippen MR) is 182 cm³/mol. The van der Waals surface area contributed by atoms with Gasteiger partial charge in [0.1, 0.15) is 6.04 Å². The van der Waals surface area contributed by atoms with Crippen molar-refractivity contribution in [3.8, 4) is 0 Å². The van der Waals surface area contributed by atoms with Gasteiger partial charge in [0.2, 0.25) is 0 Å². The van der Waals surface area contributed by atoms with Gasteiger partial charge in [-0.1, -0.05) is 192 Å². The van der Waals surface area contributed by atoms with E-state index in [0.717, 1.165) is 4.48 Å². The Bertz CT molecular complexity index is 621. The predicted octanol–water partition coefficient (Wildman–Crippen LogP) is 13.4. The van der Waals surface area contributed by atoms with Crippen LogP contribution in [0.1, 0.15) is 199 Å². The summed E-state index contributed by atoms with van der Waals surface area (Å²) in [4.78, 5) is 0. The quantitative estimate of drug-likeness (QED) is 0.0653. The van der Waals surface area contributed by atoms with Gasteiger partial charge in [-0.15, -0.1) is 0 Å². The van der Waals surface area contributed by atoms with E-state index >= 15 is 0 Å². The molecule has 0 saturated carbocycles. The molecule has 0 radical (unpaired) electrons. The molecular weight excluding hydrogens is 482 g/mol. The van der Waals surface area contributed by atoms with E-state index in [1.807, 2.05) is 0 Å². The first kappa shape index (κ1) is 37.2. The van der Waals surface area contributed by atoms with Crippen molar-refractivity contribution >= 4 is 0 Å². The average molecular weight is 557 g/mol. The molecule has 0 fully saturated rings. The van der Waals surface area contributed by atoms with Crippen molar-refractivity contribution in [3.63, 3.8) is 0 Å². The minimum Gasteiger partial charge on any atom is -0.322 e. The van der Waals surface area contributed by atoms with E-state index in [1.54, 1.807) is 5.56 Å². The van der Waals surface area contributed by atoms with Crippen molar-refractivity contribution in [2.24, 2.45) is 0 Å². The first-order chi connectivity index (χ1) is 19.6. The number of benzene rings is 1. The fraction of sp³-hybridized carbons (Fsp3) is 0.846. The number of unbranched alkanes of at least 4 members (excludes halogenated alkanes) is 24. The summed E-state index contributed by atoms with van der Waals surface area (Å²) in [7, 11) is 5.00. The summed E-state index contributed by atoms with van der Waals surface area (Å²) in [6.07, 6.45) is 38.8. The van der Waals surface area contributed by atoms with Crippen LogP contribution in [0.3, 0.4) is 0 Å². The van der Waals surface area contributed by atoms with Crippen molar-refractivity contribution in [3.05, 3.63) is 35.9 Å². The van der Waals surface area contributed by atoms with Crippen LogP contribution in [0.5, 0.6) is 0 Å². The number of hydrogen-bond donors (Lipinski definition) is 0. The van der Waals surface area contributed by atoms with Gasteiger partial charge in [-0.2, -0.15) is 0 Å². The lowest BCUT2D eigenvalue weighted by atomic mass is 9.96. The molecule has 0 spiro atoms. The molecule has 1 heteroatoms. The second kappa shape index (κ2) is 27.0. The third-order valence-electron chi connectivity index (χ3n) is 9.45. The molecule has 0 saturated heterocycles. The Hall–Kier alpha value is -0.820. The van der Waals surface area contributed by atoms with Gasteiger partial charge in [-0.05, 0) is 19.3 Å². The Labute approximate surface area is 253 Å². The van der Waals surface area contributed by atoms with E-state index in [4.69, 9.17) is 0 Å². The molecule has 1 nitrogen and oxygen atoms in total. The number of quaternary nitrogens is 1. The molecule has 40 heavy (non-hydrogen) atoms. The van der Waals surface area contributed by atoms with E-state index in [-0.39, 0.29) is 0 Å². The lowest BCUT2D eigenvalue weighted by Crippen LogP contribution is -2.44. The van der Waals surface area contributed by atoms with Crippen molar-refractivity contribution in [1.82, 2.24) is 0 Å². The van der Waals surface area contributed by atoms with E-state index in [9.17, 15) is 0 Å². The standard InChI is InChI=1S/C39H74N/c1-5-7-9-11-13-15-17-18-19-20-21-22-24-26-28-33-37-40(3,4)39(38-34-30-29-31-35-38)36-32-27-25-23-16-14-12-10-8-6-2/h29-31,34-35,39H,5-28,32-33,36-37H2,1-4H3/q+1. The summed E-state index contributed by atoms with van der Waals surface area (Å²) in [5.41, 5.74) is 1.56. The Balaban J connectivity index is 2.14. The fourth-order valence-corrected chi connectivity index (χ4v) is 6.64. The second-order valence-corrected chi connectivity index (χ2v) is 13.7. The first-order valence-electron chi connectivity index (χ1n) is 18.5. The Kier molecular flexibility index (Phi) is 25.2. The summed E-state index contributed by atoms with van der Waals surface area (Å²) in [6, 6.07) is 12.1. The SMILES string of the molecule is CCCCCCCCCCCCCCCCCC[N+](C)(C)C(CCCCCCCCCCCC)c1ccccc1. The molecule has 0 aliphatic heterocycles. The number of hydrogen-bond acceptors (Lipinski definition) is 0. The summed E-state index contributed by atoms with van der Waals surface area (Å²) < 4.78 is 1.15. The summed E-state index contributed by atoms with van der Waals surface area (Å²) in [5.74, 6) is 0. The van der Waals surface area contributed by atoms with E-state index in [0.29, 0.717) is 6.04 Å². The lowest BCUT2D eigenvalue weighted by Gasteiger charge is -2.39. The number of nitrogens with zero attached hydrogens (tertiary/aromatic N) is 1. The van der Waals surface area contributed by atoms with Crippen LogP contribution in [0.2, 0.25) is 0 Å². The maximum absolute atomic E-state index is 2.50. The Morgan fingerprint density at radius 2 is 0.750 bits per heavy atom. The molecule has 1 aromatic rings. The van der Waals surface area contributed by atoms with E-state index < -0.39 is 0 Å². The third-order valence-corrected chi connectivity index (χ3v) is 9.45. The van der Waals surface area contributed by atoms with Gasteiger partial charge in [0.15, 0.2) is 0 Å². The van der Waals surface area contributed by atoms with Gasteiger partial charge >= 0.3 is 0 Å². The maximum Gasteiger partial charge on any atom is 0.114 e. The normalized spacial score (nSPS) is 12.7. The molecule has 1 atom stereocenters. The highest BCUT2D eigenvalue weighted by Crippen LogP contribution is 2.31. The van der Waals surface area contributed by atoms with Gasteiger partial charge < -0.3 is 4.48 Å². The van der Waals surface area contributed by atoms with Gasteiger partial charge in [0.25, 0.3) is 0 Å². The molecule has 1 unspecified atom stereocenters. The highest BCUT2D eigenvalue weighted by Gasteiger charge is 2.28. The first-order valence-corrected chi connectivity index (χ1v) is 18.5. The van der Waals surface area contributed by atoms with Crippen molar-refractivity contribution < 1.29 is 4.48 Å². The average Bonchev–Trinajstić information content (AvgIpc) is 2.96. The highest BCUT2D eigenvalue weighted by molar-refractivity contribution is 5.17. The molecule has 0 amide bonds. The molecule has 0 aliphatic rings. The zero-order valence-electron chi connectivity index (χ0n) is 28.2. The summed E-state index contributed by atoms with van der Waals surface area (Å²) >= 11 is 0. The van der Waals surface area contributed by atoms with Crippen LogP contribution in [0.4, 0.5) is 0 Å². The zero-order valence-corrected chi connectivity index (χ0v) is 28.2. The van der Waals surface area contributed by atoms with Crippen LogP contribution in [0.15, 0.2) is 30.3 Å². The summed E-state index contributed by atoms with van der Waals surface area (Å²) in [5, 5.41) is 0. The van der Waals surface area contributed by atoms with Gasteiger partial charge in [0, 0.05) is 12.0 Å². The van der Waals surface area contributed by atoms with Crippen LogP contribution in [-0.2, 0) is 0 Å². The Morgan fingerprint density at radius 3 is 1.12 bits per heavy atom. The van der Waals surface area contributed by atoms with Gasteiger partial charge in [-0.25, -0.2) is 0 Å². The number of rotatable bonds is 30. The van der Waals surface area contributed by atoms with Crippen LogP contribution in [-0.4, -0.2) is 25.1 Å². The monoisotopic (exact) mass is 557 g/mol. The van der Waals surface area contributed by atoms with Crippen LogP contribution >= 0.6 is 0 Å². The van der Waals surface area contributed by atoms with Crippen LogP contribution < -0.4 is 0 Å². The van der Waals surface area contributed by atoms with Crippen molar-refractivity contribution in [2.45, 2.75) is 193 Å². The van der Waals surface area contributed by atoms with Crippen molar-refractivity contribution in [1.29, 1.82) is 0 Å².